The molecule has 0 aliphatic rings. The Morgan fingerprint density at radius 1 is 0.325 bits per heavy atom. The zero-order valence-corrected chi connectivity index (χ0v) is 44.3. The van der Waals surface area contributed by atoms with Crippen molar-refractivity contribution in [3.05, 3.63) is 275 Å². The van der Waals surface area contributed by atoms with Gasteiger partial charge in [-0.3, -0.25) is 0 Å². The number of rotatable bonds is 8. The highest BCUT2D eigenvalue weighted by Crippen LogP contribution is 2.47. The summed E-state index contributed by atoms with van der Waals surface area (Å²) in [4.78, 5) is 7.70. The lowest BCUT2D eigenvalue weighted by Crippen LogP contribution is -2.04. The van der Waals surface area contributed by atoms with Gasteiger partial charge in [0, 0.05) is 43.9 Å². The predicted molar refractivity (Wildman–Crippen MR) is 324 cm³/mol. The van der Waals surface area contributed by atoms with Crippen molar-refractivity contribution in [2.24, 2.45) is 0 Å². The molecule has 4 nitrogen and oxygen atoms in total. The Morgan fingerprint density at radius 2 is 0.662 bits per heavy atom. The second-order valence-corrected chi connectivity index (χ2v) is 20.7. The molecule has 11 aromatic carbocycles. The van der Waals surface area contributed by atoms with Gasteiger partial charge in [-0.1, -0.05) is 158 Å². The minimum Gasteiger partial charge on any atom is -0.310 e. The molecule has 0 bridgehead atoms. The lowest BCUT2D eigenvalue weighted by Gasteiger charge is -2.21. The molecule has 0 aliphatic heterocycles. The van der Waals surface area contributed by atoms with Gasteiger partial charge in [-0.25, -0.2) is 9.69 Å². The summed E-state index contributed by atoms with van der Waals surface area (Å²) < 4.78 is 47.3. The van der Waals surface area contributed by atoms with E-state index in [-0.39, 0.29) is 5.69 Å². The molecule has 0 N–H and O–H groups in total. The van der Waals surface area contributed by atoms with Gasteiger partial charge in [0.2, 0.25) is 0 Å². The fourth-order valence-corrected chi connectivity index (χ4v) is 12.0. The number of nitrogens with zero attached hydrogens (tertiary/aromatic N) is 4. The van der Waals surface area contributed by atoms with Crippen LogP contribution in [0.3, 0.4) is 0 Å². The van der Waals surface area contributed by atoms with E-state index in [2.05, 4.69) is 204 Å². The van der Waals surface area contributed by atoms with Gasteiger partial charge in [-0.15, -0.1) is 0 Å². The van der Waals surface area contributed by atoms with E-state index in [4.69, 9.17) is 13.1 Å². The summed E-state index contributed by atoms with van der Waals surface area (Å²) in [5.74, 6) is 0. The summed E-state index contributed by atoms with van der Waals surface area (Å²) in [6.45, 7) is 25.1. The van der Waals surface area contributed by atoms with Crippen LogP contribution >= 0.6 is 0 Å². The molecule has 0 atom stereocenters. The Balaban J connectivity index is 1.13. The third-order valence-corrected chi connectivity index (χ3v) is 16.0. The zero-order chi connectivity index (χ0) is 55.0. The number of hydrogen-bond acceptors (Lipinski definition) is 0. The molecule has 0 radical (unpaired) electrons. The van der Waals surface area contributed by atoms with E-state index in [1.54, 1.807) is 0 Å². The largest absolute Gasteiger partial charge is 0.415 e. The first-order chi connectivity index (χ1) is 38.9. The molecule has 382 valence electrons. The number of hydrogen-bond donors (Lipinski definition) is 0. The highest BCUT2D eigenvalue weighted by molar-refractivity contribution is 6.14. The van der Waals surface area contributed by atoms with Crippen molar-refractivity contribution in [1.82, 2.24) is 9.13 Å². The molecule has 80 heavy (non-hydrogen) atoms. The number of aryl methyl sites for hydroxylation is 4. The highest BCUT2D eigenvalue weighted by atomic mass is 19.4. The lowest BCUT2D eigenvalue weighted by atomic mass is 9.94. The van der Waals surface area contributed by atoms with Gasteiger partial charge < -0.3 is 9.13 Å². The normalized spacial score (nSPS) is 11.7. The van der Waals surface area contributed by atoms with E-state index in [1.165, 1.54) is 17.2 Å². The maximum absolute atomic E-state index is 14.2. The Kier molecular flexibility index (Phi) is 11.9. The first-order valence-corrected chi connectivity index (χ1v) is 26.5. The van der Waals surface area contributed by atoms with Crippen LogP contribution in [0.1, 0.15) is 27.8 Å². The van der Waals surface area contributed by atoms with Gasteiger partial charge in [0.05, 0.1) is 40.9 Å². The van der Waals surface area contributed by atoms with Gasteiger partial charge in [-0.2, -0.15) is 13.2 Å². The van der Waals surface area contributed by atoms with Crippen LogP contribution in [0.4, 0.5) is 24.5 Å². The van der Waals surface area contributed by atoms with Crippen LogP contribution in [-0.4, -0.2) is 9.13 Å². The highest BCUT2D eigenvalue weighted by Gasteiger charge is 2.31. The van der Waals surface area contributed by atoms with Crippen LogP contribution < -0.4 is 0 Å². The average Bonchev–Trinajstić information content (AvgIpc) is 4.18. The molecule has 13 aromatic rings. The Labute approximate surface area is 462 Å². The van der Waals surface area contributed by atoms with Crippen molar-refractivity contribution >= 4 is 55.0 Å². The minimum absolute atomic E-state index is 0.103. The minimum atomic E-state index is -4.63. The standard InChI is InChI=1S/C73H49F3N4/c1-44-15-7-11-19-55(44)48-24-33-67-62(37-48)63-38-49(56-20-12-8-16-45(56)2)25-34-68(63)79(67)71-41-52(59-31-28-53(73(74,75)76)42-66(59)78-6)23-30-60(71)61-32-29-54(77-5)43-72(61)80-69-35-26-50(57-21-13-9-17-46(57)3)39-64(69)65-40-51(27-36-70(65)80)58-22-14-10-18-47(58)4/h7-43H,1-4H3. The molecule has 0 fully saturated rings. The van der Waals surface area contributed by atoms with Crippen LogP contribution in [-0.2, 0) is 6.18 Å². The number of fused-ring (bicyclic) bond motifs is 6. The Bertz CT molecular complexity index is 4580. The number of aromatic nitrogens is 2. The van der Waals surface area contributed by atoms with Crippen molar-refractivity contribution in [3.8, 4) is 78.1 Å². The van der Waals surface area contributed by atoms with E-state index in [0.717, 1.165) is 134 Å². The number of benzene rings is 11. The van der Waals surface area contributed by atoms with Crippen molar-refractivity contribution in [3.63, 3.8) is 0 Å². The van der Waals surface area contributed by atoms with Gasteiger partial charge in [0.25, 0.3) is 0 Å². The second-order valence-electron chi connectivity index (χ2n) is 20.7. The summed E-state index contributed by atoms with van der Waals surface area (Å²) in [5, 5.41) is 4.14. The van der Waals surface area contributed by atoms with E-state index in [9.17, 15) is 13.2 Å². The van der Waals surface area contributed by atoms with E-state index in [1.807, 2.05) is 48.5 Å². The fraction of sp³-hybridized carbons (Fsp3) is 0.0685. The van der Waals surface area contributed by atoms with Crippen LogP contribution in [0.2, 0.25) is 0 Å². The first-order valence-electron chi connectivity index (χ1n) is 26.5. The molecule has 0 aliphatic carbocycles. The predicted octanol–water partition coefficient (Wildman–Crippen LogP) is 21.2. The lowest BCUT2D eigenvalue weighted by molar-refractivity contribution is -0.137. The van der Waals surface area contributed by atoms with Gasteiger partial charge in [0.15, 0.2) is 11.4 Å². The molecule has 0 unspecified atom stereocenters. The van der Waals surface area contributed by atoms with Gasteiger partial charge in [0.1, 0.15) is 0 Å². The molecule has 7 heteroatoms. The SMILES string of the molecule is [C-]#[N+]c1ccc(-c2ccc(-c3ccc(C(F)(F)F)cc3[N+]#[C-])cc2-n2c3ccc(-c4ccccc4C)cc3c3cc(-c4ccccc4C)ccc32)c(-n2c3ccc(-c4ccccc4C)cc3c3cc(-c4ccccc4C)ccc32)c1. The second kappa shape index (κ2) is 19.4. The van der Waals surface area contributed by atoms with Gasteiger partial charge in [-0.05, 0) is 172 Å². The number of halogens is 3. The molecule has 2 heterocycles. The summed E-state index contributed by atoms with van der Waals surface area (Å²) in [6, 6.07) is 75.2. The molecule has 13 rings (SSSR count). The average molecular weight is 1040 g/mol. The number of alkyl halides is 3. The zero-order valence-electron chi connectivity index (χ0n) is 44.3. The molecule has 0 saturated carbocycles. The summed E-state index contributed by atoms with van der Waals surface area (Å²) in [7, 11) is 0. The van der Waals surface area contributed by atoms with Crippen molar-refractivity contribution in [1.29, 1.82) is 0 Å². The molecule has 2 aromatic heterocycles. The Morgan fingerprint density at radius 3 is 1.02 bits per heavy atom. The Hall–Kier alpha value is -10.2. The molecule has 0 spiro atoms. The summed E-state index contributed by atoms with van der Waals surface area (Å²) in [5.41, 5.74) is 20.8. The van der Waals surface area contributed by atoms with Crippen molar-refractivity contribution in [2.75, 3.05) is 0 Å². The van der Waals surface area contributed by atoms with Crippen molar-refractivity contribution in [2.45, 2.75) is 33.9 Å². The molecular weight excluding hydrogens is 990 g/mol. The van der Waals surface area contributed by atoms with Crippen LogP contribution in [0.5, 0.6) is 0 Å². The third kappa shape index (κ3) is 8.31. The van der Waals surface area contributed by atoms with Crippen LogP contribution in [0, 0.1) is 40.8 Å². The maximum atomic E-state index is 14.2. The summed E-state index contributed by atoms with van der Waals surface area (Å²) >= 11 is 0. The van der Waals surface area contributed by atoms with Crippen molar-refractivity contribution < 1.29 is 13.2 Å². The monoisotopic (exact) mass is 1040 g/mol. The fourth-order valence-electron chi connectivity index (χ4n) is 12.0. The topological polar surface area (TPSA) is 18.6 Å². The third-order valence-electron chi connectivity index (χ3n) is 16.0. The van der Waals surface area contributed by atoms with Gasteiger partial charge >= 0.3 is 6.18 Å². The maximum Gasteiger partial charge on any atom is 0.415 e. The van der Waals surface area contributed by atoms with E-state index >= 15 is 0 Å². The quantitative estimate of drug-likeness (QED) is 0.135. The first kappa shape index (κ1) is 49.4. The van der Waals surface area contributed by atoms with Crippen LogP contribution in [0.15, 0.2) is 224 Å². The summed E-state index contributed by atoms with van der Waals surface area (Å²) in [6.07, 6.45) is -4.63. The molecule has 0 amide bonds. The molecule has 0 saturated heterocycles. The van der Waals surface area contributed by atoms with E-state index in [0.29, 0.717) is 16.8 Å². The smallest absolute Gasteiger partial charge is 0.310 e. The molecular formula is C73H49F3N4. The van der Waals surface area contributed by atoms with Crippen LogP contribution in [0.25, 0.3) is 131 Å². The van der Waals surface area contributed by atoms with E-state index < -0.39 is 11.7 Å².